The Morgan fingerprint density at radius 1 is 1.17 bits per heavy atom. The third kappa shape index (κ3) is 3.36. The first-order valence-corrected chi connectivity index (χ1v) is 9.39. The van der Waals surface area contributed by atoms with E-state index in [4.69, 9.17) is 4.98 Å². The van der Waals surface area contributed by atoms with E-state index >= 15 is 0 Å². The molecular weight excluding hydrogens is 320 g/mol. The summed E-state index contributed by atoms with van der Waals surface area (Å²) in [7, 11) is 0. The first kappa shape index (κ1) is 15.7. The van der Waals surface area contributed by atoms with Gasteiger partial charge in [-0.2, -0.15) is 0 Å². The SMILES string of the molecule is O=C(C1CNC1)N1CCN(Cc2csc(-c3ccccc3)n2)CC1. The van der Waals surface area contributed by atoms with E-state index < -0.39 is 0 Å². The number of thiazole rings is 1. The molecule has 0 aliphatic carbocycles. The molecule has 0 saturated carbocycles. The molecule has 0 atom stereocenters. The van der Waals surface area contributed by atoms with Crippen molar-refractivity contribution in [1.82, 2.24) is 20.1 Å². The Morgan fingerprint density at radius 3 is 2.58 bits per heavy atom. The third-order valence-electron chi connectivity index (χ3n) is 4.77. The Labute approximate surface area is 146 Å². The lowest BCUT2D eigenvalue weighted by Gasteiger charge is -2.38. The van der Waals surface area contributed by atoms with Gasteiger partial charge < -0.3 is 10.2 Å². The maximum absolute atomic E-state index is 12.3. The Balaban J connectivity index is 1.31. The van der Waals surface area contributed by atoms with E-state index in [1.807, 2.05) is 23.1 Å². The second-order valence-corrected chi connectivity index (χ2v) is 7.32. The molecule has 0 bridgehead atoms. The summed E-state index contributed by atoms with van der Waals surface area (Å²) in [4.78, 5) is 21.5. The number of hydrogen-bond acceptors (Lipinski definition) is 5. The Bertz CT molecular complexity index is 690. The summed E-state index contributed by atoms with van der Waals surface area (Å²) in [6.45, 7) is 6.11. The summed E-state index contributed by atoms with van der Waals surface area (Å²) in [5.41, 5.74) is 2.31. The maximum Gasteiger partial charge on any atom is 0.228 e. The molecule has 1 N–H and O–H groups in total. The molecule has 4 rings (SSSR count). The van der Waals surface area contributed by atoms with Crippen LogP contribution in [0.25, 0.3) is 10.6 Å². The number of hydrogen-bond donors (Lipinski definition) is 1. The summed E-state index contributed by atoms with van der Waals surface area (Å²) in [5.74, 6) is 0.539. The Kier molecular flexibility index (Phi) is 4.60. The highest BCUT2D eigenvalue weighted by Gasteiger charge is 2.31. The topological polar surface area (TPSA) is 48.5 Å². The number of aromatic nitrogens is 1. The van der Waals surface area contributed by atoms with E-state index in [1.165, 1.54) is 5.56 Å². The highest BCUT2D eigenvalue weighted by Crippen LogP contribution is 2.24. The van der Waals surface area contributed by atoms with Crippen LogP contribution in [0.15, 0.2) is 35.7 Å². The van der Waals surface area contributed by atoms with Gasteiger partial charge in [0.15, 0.2) is 0 Å². The largest absolute Gasteiger partial charge is 0.340 e. The quantitative estimate of drug-likeness (QED) is 0.918. The molecule has 24 heavy (non-hydrogen) atoms. The molecule has 1 aromatic heterocycles. The molecule has 5 nitrogen and oxygen atoms in total. The van der Waals surface area contributed by atoms with Gasteiger partial charge in [-0.3, -0.25) is 9.69 Å². The second-order valence-electron chi connectivity index (χ2n) is 6.47. The van der Waals surface area contributed by atoms with Gasteiger partial charge >= 0.3 is 0 Å². The van der Waals surface area contributed by atoms with Crippen LogP contribution < -0.4 is 5.32 Å². The van der Waals surface area contributed by atoms with E-state index in [0.29, 0.717) is 5.91 Å². The molecule has 6 heteroatoms. The minimum atomic E-state index is 0.212. The van der Waals surface area contributed by atoms with E-state index in [1.54, 1.807) is 11.3 Å². The number of benzene rings is 1. The highest BCUT2D eigenvalue weighted by atomic mass is 32.1. The van der Waals surface area contributed by atoms with Gasteiger partial charge in [-0.05, 0) is 0 Å². The van der Waals surface area contributed by atoms with Crippen molar-refractivity contribution in [3.05, 3.63) is 41.4 Å². The van der Waals surface area contributed by atoms with Crippen LogP contribution in [0.3, 0.4) is 0 Å². The zero-order chi connectivity index (χ0) is 16.4. The van der Waals surface area contributed by atoms with Crippen molar-refractivity contribution in [2.24, 2.45) is 5.92 Å². The molecule has 2 aliphatic rings. The smallest absolute Gasteiger partial charge is 0.228 e. The predicted molar refractivity (Wildman–Crippen MR) is 95.8 cm³/mol. The third-order valence-corrected chi connectivity index (χ3v) is 5.71. The maximum atomic E-state index is 12.3. The molecule has 2 aromatic rings. The minimum absolute atomic E-state index is 0.212. The zero-order valence-corrected chi connectivity index (χ0v) is 14.5. The Hall–Kier alpha value is -1.76. The van der Waals surface area contributed by atoms with Gasteiger partial charge in [-0.25, -0.2) is 4.98 Å². The van der Waals surface area contributed by atoms with Gasteiger partial charge in [-0.1, -0.05) is 30.3 Å². The van der Waals surface area contributed by atoms with E-state index in [9.17, 15) is 4.79 Å². The van der Waals surface area contributed by atoms with Gasteiger partial charge in [-0.15, -0.1) is 11.3 Å². The van der Waals surface area contributed by atoms with Crippen molar-refractivity contribution in [2.45, 2.75) is 6.54 Å². The van der Waals surface area contributed by atoms with E-state index in [-0.39, 0.29) is 5.92 Å². The minimum Gasteiger partial charge on any atom is -0.340 e. The summed E-state index contributed by atoms with van der Waals surface area (Å²) in [6.07, 6.45) is 0. The molecule has 2 fully saturated rings. The number of carbonyl (C=O) groups excluding carboxylic acids is 1. The van der Waals surface area contributed by atoms with Crippen LogP contribution in [-0.2, 0) is 11.3 Å². The average molecular weight is 342 g/mol. The fourth-order valence-corrected chi connectivity index (χ4v) is 3.99. The molecule has 0 radical (unpaired) electrons. The Morgan fingerprint density at radius 2 is 1.92 bits per heavy atom. The summed E-state index contributed by atoms with van der Waals surface area (Å²) >= 11 is 1.70. The van der Waals surface area contributed by atoms with Gasteiger partial charge in [0.1, 0.15) is 5.01 Å². The second kappa shape index (κ2) is 7.01. The monoisotopic (exact) mass is 342 g/mol. The normalized spacial score (nSPS) is 19.2. The van der Waals surface area contributed by atoms with Crippen LogP contribution >= 0.6 is 11.3 Å². The summed E-state index contributed by atoms with van der Waals surface area (Å²) < 4.78 is 0. The number of nitrogens with zero attached hydrogens (tertiary/aromatic N) is 3. The number of carbonyl (C=O) groups is 1. The van der Waals surface area contributed by atoms with Gasteiger partial charge in [0.2, 0.25) is 5.91 Å². The first-order valence-electron chi connectivity index (χ1n) is 8.51. The molecule has 2 aliphatic heterocycles. The van der Waals surface area contributed by atoms with Crippen LogP contribution in [0.2, 0.25) is 0 Å². The molecule has 1 amide bonds. The number of nitrogens with one attached hydrogen (secondary N) is 1. The highest BCUT2D eigenvalue weighted by molar-refractivity contribution is 7.13. The molecule has 3 heterocycles. The van der Waals surface area contributed by atoms with Crippen molar-refractivity contribution in [2.75, 3.05) is 39.3 Å². The summed E-state index contributed by atoms with van der Waals surface area (Å²) in [5, 5.41) is 6.41. The van der Waals surface area contributed by atoms with Crippen molar-refractivity contribution in [3.63, 3.8) is 0 Å². The zero-order valence-electron chi connectivity index (χ0n) is 13.6. The van der Waals surface area contributed by atoms with Crippen molar-refractivity contribution < 1.29 is 4.79 Å². The van der Waals surface area contributed by atoms with Crippen LogP contribution in [0.5, 0.6) is 0 Å². The first-order chi connectivity index (χ1) is 11.8. The van der Waals surface area contributed by atoms with Gasteiger partial charge in [0, 0.05) is 56.8 Å². The average Bonchev–Trinajstić information content (AvgIpc) is 3.03. The van der Waals surface area contributed by atoms with Crippen LogP contribution in [0, 0.1) is 5.92 Å². The standard InChI is InChI=1S/C18H22N4OS/c23-18(15-10-19-11-15)22-8-6-21(7-9-22)12-16-13-24-17(20-16)14-4-2-1-3-5-14/h1-5,13,15,19H,6-12H2. The molecular formula is C18H22N4OS. The molecule has 126 valence electrons. The van der Waals surface area contributed by atoms with E-state index in [2.05, 4.69) is 27.7 Å². The number of rotatable bonds is 4. The van der Waals surface area contributed by atoms with Crippen molar-refractivity contribution in [3.8, 4) is 10.6 Å². The summed E-state index contributed by atoms with van der Waals surface area (Å²) in [6, 6.07) is 10.3. The van der Waals surface area contributed by atoms with Crippen LogP contribution in [-0.4, -0.2) is 60.0 Å². The van der Waals surface area contributed by atoms with Gasteiger partial charge in [0.05, 0.1) is 11.6 Å². The van der Waals surface area contributed by atoms with Gasteiger partial charge in [0.25, 0.3) is 0 Å². The van der Waals surface area contributed by atoms with Crippen LogP contribution in [0.1, 0.15) is 5.69 Å². The number of amides is 1. The molecule has 0 unspecified atom stereocenters. The lowest BCUT2D eigenvalue weighted by atomic mass is 10.0. The predicted octanol–water partition coefficient (Wildman–Crippen LogP) is 1.67. The molecule has 1 aromatic carbocycles. The van der Waals surface area contributed by atoms with Crippen LogP contribution in [0.4, 0.5) is 0 Å². The fourth-order valence-electron chi connectivity index (χ4n) is 3.17. The molecule has 2 saturated heterocycles. The fraction of sp³-hybridized carbons (Fsp3) is 0.444. The lowest BCUT2D eigenvalue weighted by Crippen LogP contribution is -2.56. The van der Waals surface area contributed by atoms with Crippen molar-refractivity contribution >= 4 is 17.2 Å². The number of piperazine rings is 1. The van der Waals surface area contributed by atoms with E-state index in [0.717, 1.165) is 56.5 Å². The molecule has 0 spiro atoms. The van der Waals surface area contributed by atoms with Crippen molar-refractivity contribution in [1.29, 1.82) is 0 Å². The lowest BCUT2D eigenvalue weighted by molar-refractivity contribution is -0.138.